The first-order valence-corrected chi connectivity index (χ1v) is 4.50. The fourth-order valence-corrected chi connectivity index (χ4v) is 1.26. The smallest absolute Gasteiger partial charge is 0.324 e. The Morgan fingerprint density at radius 2 is 1.44 bits per heavy atom. The van der Waals surface area contributed by atoms with E-state index in [9.17, 15) is 22.0 Å². The molecule has 1 aromatic carbocycles. The fourth-order valence-electron chi connectivity index (χ4n) is 1.26. The minimum absolute atomic E-state index is 0.196. The van der Waals surface area contributed by atoms with Gasteiger partial charge >= 0.3 is 6.18 Å². The van der Waals surface area contributed by atoms with Gasteiger partial charge in [0.2, 0.25) is 0 Å². The molecule has 1 unspecified atom stereocenters. The Balaban J connectivity index is 2.74. The summed E-state index contributed by atoms with van der Waals surface area (Å²) in [5.41, 5.74) is 5.26. The molecule has 0 heterocycles. The Morgan fingerprint density at radius 1 is 1.00 bits per heavy atom. The van der Waals surface area contributed by atoms with Gasteiger partial charge in [-0.05, 0) is 5.56 Å². The van der Waals surface area contributed by atoms with Crippen molar-refractivity contribution in [3.8, 4) is 0 Å². The van der Waals surface area contributed by atoms with Crippen LogP contribution in [0.3, 0.4) is 0 Å². The number of halogens is 5. The van der Waals surface area contributed by atoms with Gasteiger partial charge < -0.3 is 5.73 Å². The van der Waals surface area contributed by atoms with Crippen molar-refractivity contribution in [1.29, 1.82) is 0 Å². The lowest BCUT2D eigenvalue weighted by molar-refractivity contribution is -0.138. The highest BCUT2D eigenvalue weighted by atomic mass is 19.4. The molecule has 0 spiro atoms. The summed E-state index contributed by atoms with van der Waals surface area (Å²) in [6.45, 7) is 0. The molecule has 0 amide bonds. The van der Waals surface area contributed by atoms with Crippen molar-refractivity contribution >= 4 is 0 Å². The lowest BCUT2D eigenvalue weighted by atomic mass is 10.0. The molecule has 1 rings (SSSR count). The van der Waals surface area contributed by atoms with Crippen LogP contribution in [0, 0.1) is 0 Å². The van der Waals surface area contributed by atoms with Gasteiger partial charge in [-0.1, -0.05) is 24.3 Å². The Labute approximate surface area is 89.1 Å². The van der Waals surface area contributed by atoms with E-state index in [-0.39, 0.29) is 11.1 Å². The van der Waals surface area contributed by atoms with Crippen LogP contribution in [0.1, 0.15) is 30.0 Å². The van der Waals surface area contributed by atoms with Crippen LogP contribution in [-0.4, -0.2) is 6.18 Å². The van der Waals surface area contributed by atoms with Crippen molar-refractivity contribution in [2.24, 2.45) is 5.73 Å². The predicted octanol–water partition coefficient (Wildman–Crippen LogP) is 3.58. The molecule has 2 N–H and O–H groups in total. The maximum Gasteiger partial charge on any atom is 0.390 e. The molecule has 0 radical (unpaired) electrons. The van der Waals surface area contributed by atoms with Gasteiger partial charge in [0.05, 0.1) is 6.42 Å². The zero-order chi connectivity index (χ0) is 12.3. The van der Waals surface area contributed by atoms with E-state index in [1.807, 2.05) is 0 Å². The average Bonchev–Trinajstić information content (AvgIpc) is 2.15. The molecule has 16 heavy (non-hydrogen) atoms. The topological polar surface area (TPSA) is 26.0 Å². The van der Waals surface area contributed by atoms with Crippen molar-refractivity contribution < 1.29 is 22.0 Å². The van der Waals surface area contributed by atoms with Crippen LogP contribution in [0.25, 0.3) is 0 Å². The number of benzene rings is 1. The number of hydrogen-bond acceptors (Lipinski definition) is 1. The van der Waals surface area contributed by atoms with Crippen LogP contribution in [0.2, 0.25) is 0 Å². The maximum absolute atomic E-state index is 12.2. The summed E-state index contributed by atoms with van der Waals surface area (Å²) in [5.74, 6) is 0. The van der Waals surface area contributed by atoms with Crippen LogP contribution in [-0.2, 0) is 0 Å². The van der Waals surface area contributed by atoms with Crippen molar-refractivity contribution in [2.45, 2.75) is 25.1 Å². The summed E-state index contributed by atoms with van der Waals surface area (Å²) in [6, 6.07) is 3.33. The van der Waals surface area contributed by atoms with Gasteiger partial charge in [0.15, 0.2) is 0 Å². The molecular weight excluding hydrogens is 229 g/mol. The highest BCUT2D eigenvalue weighted by Crippen LogP contribution is 2.28. The molecule has 0 aliphatic carbocycles. The summed E-state index contributed by atoms with van der Waals surface area (Å²) in [5, 5.41) is 0. The Morgan fingerprint density at radius 3 is 1.81 bits per heavy atom. The van der Waals surface area contributed by atoms with Crippen molar-refractivity contribution in [3.63, 3.8) is 0 Å². The van der Waals surface area contributed by atoms with Gasteiger partial charge in [-0.15, -0.1) is 0 Å². The standard InChI is InChI=1S/C10H10F5N/c11-9(12)7-3-1-6(2-4-7)8(16)5-10(13,14)15/h1-4,8-9H,5,16H2. The number of alkyl halides is 5. The summed E-state index contributed by atoms with van der Waals surface area (Å²) < 4.78 is 60.3. The van der Waals surface area contributed by atoms with E-state index < -0.39 is 25.1 Å². The Bertz CT molecular complexity index is 330. The number of hydrogen-bond donors (Lipinski definition) is 1. The van der Waals surface area contributed by atoms with Gasteiger partial charge in [0.25, 0.3) is 6.43 Å². The molecule has 1 aromatic rings. The van der Waals surface area contributed by atoms with E-state index >= 15 is 0 Å². The molecule has 1 nitrogen and oxygen atoms in total. The number of nitrogens with two attached hydrogens (primary N) is 1. The second-order valence-electron chi connectivity index (χ2n) is 3.39. The van der Waals surface area contributed by atoms with Gasteiger partial charge in [-0.2, -0.15) is 13.2 Å². The third-order valence-electron chi connectivity index (χ3n) is 2.07. The summed E-state index contributed by atoms with van der Waals surface area (Å²) in [4.78, 5) is 0. The van der Waals surface area contributed by atoms with Crippen LogP contribution in [0.5, 0.6) is 0 Å². The molecule has 0 aromatic heterocycles. The Hall–Kier alpha value is -1.17. The molecule has 6 heteroatoms. The fraction of sp³-hybridized carbons (Fsp3) is 0.400. The van der Waals surface area contributed by atoms with E-state index in [1.165, 1.54) is 12.1 Å². The normalized spacial score (nSPS) is 14.2. The SMILES string of the molecule is NC(CC(F)(F)F)c1ccc(C(F)F)cc1. The van der Waals surface area contributed by atoms with E-state index in [1.54, 1.807) is 0 Å². The molecule has 0 saturated heterocycles. The van der Waals surface area contributed by atoms with Gasteiger partial charge in [0.1, 0.15) is 0 Å². The van der Waals surface area contributed by atoms with Gasteiger partial charge in [-0.3, -0.25) is 0 Å². The average molecular weight is 239 g/mol. The molecule has 0 aliphatic heterocycles. The minimum Gasteiger partial charge on any atom is -0.324 e. The van der Waals surface area contributed by atoms with E-state index in [0.717, 1.165) is 12.1 Å². The zero-order valence-electron chi connectivity index (χ0n) is 8.14. The van der Waals surface area contributed by atoms with E-state index in [4.69, 9.17) is 5.73 Å². The molecule has 0 fully saturated rings. The zero-order valence-corrected chi connectivity index (χ0v) is 8.14. The lowest BCUT2D eigenvalue weighted by Crippen LogP contribution is -2.20. The minimum atomic E-state index is -4.36. The third-order valence-corrected chi connectivity index (χ3v) is 2.07. The lowest BCUT2D eigenvalue weighted by Gasteiger charge is -2.14. The third kappa shape index (κ3) is 3.77. The molecule has 90 valence electrons. The molecule has 0 bridgehead atoms. The highest BCUT2D eigenvalue weighted by molar-refractivity contribution is 5.25. The molecular formula is C10H10F5N. The van der Waals surface area contributed by atoms with Crippen LogP contribution < -0.4 is 5.73 Å². The van der Waals surface area contributed by atoms with Crippen LogP contribution >= 0.6 is 0 Å². The van der Waals surface area contributed by atoms with Crippen molar-refractivity contribution in [2.75, 3.05) is 0 Å². The van der Waals surface area contributed by atoms with Crippen LogP contribution in [0.15, 0.2) is 24.3 Å². The first kappa shape index (κ1) is 12.9. The van der Waals surface area contributed by atoms with Gasteiger partial charge in [-0.25, -0.2) is 8.78 Å². The van der Waals surface area contributed by atoms with Crippen molar-refractivity contribution in [3.05, 3.63) is 35.4 Å². The van der Waals surface area contributed by atoms with E-state index in [0.29, 0.717) is 0 Å². The predicted molar refractivity (Wildman–Crippen MR) is 49.0 cm³/mol. The first-order valence-electron chi connectivity index (χ1n) is 4.50. The number of rotatable bonds is 3. The van der Waals surface area contributed by atoms with Crippen molar-refractivity contribution in [1.82, 2.24) is 0 Å². The second kappa shape index (κ2) is 4.78. The largest absolute Gasteiger partial charge is 0.390 e. The molecule has 0 saturated carbocycles. The summed E-state index contributed by atoms with van der Waals surface area (Å²) >= 11 is 0. The summed E-state index contributed by atoms with van der Waals surface area (Å²) in [6.07, 6.45) is -8.16. The highest BCUT2D eigenvalue weighted by Gasteiger charge is 2.30. The first-order chi connectivity index (χ1) is 7.29. The molecule has 1 atom stereocenters. The van der Waals surface area contributed by atoms with Crippen LogP contribution in [0.4, 0.5) is 22.0 Å². The molecule has 0 aliphatic rings. The quantitative estimate of drug-likeness (QED) is 0.801. The van der Waals surface area contributed by atoms with E-state index in [2.05, 4.69) is 0 Å². The summed E-state index contributed by atoms with van der Waals surface area (Å²) in [7, 11) is 0. The van der Waals surface area contributed by atoms with Gasteiger partial charge in [0, 0.05) is 11.6 Å². The Kier molecular flexibility index (Phi) is 3.85. The maximum atomic E-state index is 12.2. The second-order valence-corrected chi connectivity index (χ2v) is 3.39. The monoisotopic (exact) mass is 239 g/mol.